The van der Waals surface area contributed by atoms with Crippen LogP contribution in [0.25, 0.3) is 0 Å². The van der Waals surface area contributed by atoms with Crippen LogP contribution in [0.4, 0.5) is 0 Å². The molecule has 0 radical (unpaired) electrons. The summed E-state index contributed by atoms with van der Waals surface area (Å²) in [6.07, 6.45) is 1.62. The fourth-order valence-corrected chi connectivity index (χ4v) is 1.98. The molecular weight excluding hydrogens is 224 g/mol. The van der Waals surface area contributed by atoms with Crippen molar-refractivity contribution in [3.8, 4) is 0 Å². The zero-order chi connectivity index (χ0) is 13.0. The molecule has 0 aliphatic heterocycles. The number of benzene rings is 2. The van der Waals surface area contributed by atoms with E-state index in [2.05, 4.69) is 31.2 Å². The highest BCUT2D eigenvalue weighted by Gasteiger charge is 2.08. The molecule has 0 aromatic heterocycles. The van der Waals surface area contributed by atoms with Crippen LogP contribution in [0.15, 0.2) is 48.5 Å². The number of carbonyl (C=O) groups is 1. The summed E-state index contributed by atoms with van der Waals surface area (Å²) in [7, 11) is 0. The van der Waals surface area contributed by atoms with E-state index >= 15 is 0 Å². The molecule has 18 heavy (non-hydrogen) atoms. The predicted octanol–water partition coefficient (Wildman–Crippen LogP) is 3.48. The van der Waals surface area contributed by atoms with Gasteiger partial charge in [-0.25, -0.2) is 4.79 Å². The highest BCUT2D eigenvalue weighted by molar-refractivity contribution is 5.89. The maximum atomic E-state index is 11.1. The van der Waals surface area contributed by atoms with E-state index in [4.69, 9.17) is 5.11 Å². The SMILES string of the molecule is Cc1ccc(CCc2ccccc2C(=O)O)cc1. The fraction of sp³-hybridized carbons (Fsp3) is 0.188. The van der Waals surface area contributed by atoms with Crippen LogP contribution in [0.2, 0.25) is 0 Å². The first-order chi connectivity index (χ1) is 8.66. The monoisotopic (exact) mass is 240 g/mol. The molecule has 0 atom stereocenters. The Labute approximate surface area is 107 Å². The predicted molar refractivity (Wildman–Crippen MR) is 72.0 cm³/mol. The highest BCUT2D eigenvalue weighted by atomic mass is 16.4. The van der Waals surface area contributed by atoms with Crippen LogP contribution >= 0.6 is 0 Å². The van der Waals surface area contributed by atoms with Crippen LogP contribution in [-0.4, -0.2) is 11.1 Å². The van der Waals surface area contributed by atoms with Gasteiger partial charge in [-0.2, -0.15) is 0 Å². The van der Waals surface area contributed by atoms with Gasteiger partial charge in [0.25, 0.3) is 0 Å². The van der Waals surface area contributed by atoms with E-state index in [1.165, 1.54) is 11.1 Å². The number of carboxylic acid groups (broad SMARTS) is 1. The number of rotatable bonds is 4. The van der Waals surface area contributed by atoms with Crippen molar-refractivity contribution in [1.82, 2.24) is 0 Å². The van der Waals surface area contributed by atoms with Crippen molar-refractivity contribution >= 4 is 5.97 Å². The Morgan fingerprint density at radius 1 is 1.00 bits per heavy atom. The number of aryl methyl sites for hydroxylation is 3. The Hall–Kier alpha value is -2.09. The molecule has 0 unspecified atom stereocenters. The molecule has 0 saturated heterocycles. The summed E-state index contributed by atoms with van der Waals surface area (Å²) < 4.78 is 0. The van der Waals surface area contributed by atoms with Crippen LogP contribution in [0, 0.1) is 6.92 Å². The lowest BCUT2D eigenvalue weighted by Crippen LogP contribution is -2.03. The van der Waals surface area contributed by atoms with Gasteiger partial charge in [-0.1, -0.05) is 48.0 Å². The molecule has 0 aliphatic rings. The summed E-state index contributed by atoms with van der Waals surface area (Å²) in [5.74, 6) is -0.852. The minimum absolute atomic E-state index is 0.407. The van der Waals surface area contributed by atoms with Gasteiger partial charge in [-0.15, -0.1) is 0 Å². The van der Waals surface area contributed by atoms with Crippen molar-refractivity contribution in [2.45, 2.75) is 19.8 Å². The van der Waals surface area contributed by atoms with Crippen LogP contribution < -0.4 is 0 Å². The second-order valence-corrected chi connectivity index (χ2v) is 4.45. The minimum atomic E-state index is -0.852. The van der Waals surface area contributed by atoms with E-state index in [-0.39, 0.29) is 0 Å². The summed E-state index contributed by atoms with van der Waals surface area (Å²) in [6.45, 7) is 2.06. The highest BCUT2D eigenvalue weighted by Crippen LogP contribution is 2.13. The summed E-state index contributed by atoms with van der Waals surface area (Å²) in [5.41, 5.74) is 3.78. The van der Waals surface area contributed by atoms with Crippen molar-refractivity contribution in [2.24, 2.45) is 0 Å². The molecule has 2 aromatic rings. The maximum absolute atomic E-state index is 11.1. The Morgan fingerprint density at radius 2 is 1.67 bits per heavy atom. The van der Waals surface area contributed by atoms with Gasteiger partial charge < -0.3 is 5.11 Å². The van der Waals surface area contributed by atoms with Gasteiger partial charge in [0.2, 0.25) is 0 Å². The minimum Gasteiger partial charge on any atom is -0.478 e. The molecule has 0 heterocycles. The largest absolute Gasteiger partial charge is 0.478 e. The van der Waals surface area contributed by atoms with E-state index < -0.39 is 5.97 Å². The number of hydrogen-bond acceptors (Lipinski definition) is 1. The summed E-state index contributed by atoms with van der Waals surface area (Å²) in [4.78, 5) is 11.1. The molecule has 0 bridgehead atoms. The average Bonchev–Trinajstić information content (AvgIpc) is 2.38. The third-order valence-electron chi connectivity index (χ3n) is 3.05. The van der Waals surface area contributed by atoms with Gasteiger partial charge in [0, 0.05) is 0 Å². The van der Waals surface area contributed by atoms with Crippen LogP contribution in [0.5, 0.6) is 0 Å². The van der Waals surface area contributed by atoms with Gasteiger partial charge in [0.05, 0.1) is 5.56 Å². The van der Waals surface area contributed by atoms with E-state index in [1.807, 2.05) is 12.1 Å². The molecule has 0 aliphatic carbocycles. The van der Waals surface area contributed by atoms with Crippen molar-refractivity contribution in [3.63, 3.8) is 0 Å². The number of carboxylic acids is 1. The molecule has 0 saturated carbocycles. The normalized spacial score (nSPS) is 10.3. The van der Waals surface area contributed by atoms with Gasteiger partial charge >= 0.3 is 5.97 Å². The van der Waals surface area contributed by atoms with E-state index in [9.17, 15) is 4.79 Å². The second kappa shape index (κ2) is 5.50. The molecular formula is C16H16O2. The molecule has 2 heteroatoms. The lowest BCUT2D eigenvalue weighted by atomic mass is 9.99. The Kier molecular flexibility index (Phi) is 3.78. The first-order valence-electron chi connectivity index (χ1n) is 6.03. The first-order valence-corrected chi connectivity index (χ1v) is 6.03. The van der Waals surface area contributed by atoms with E-state index in [1.54, 1.807) is 12.1 Å². The number of aromatic carboxylic acids is 1. The summed E-state index contributed by atoms with van der Waals surface area (Å²) in [6, 6.07) is 15.6. The Bertz CT molecular complexity index is 541. The molecule has 92 valence electrons. The van der Waals surface area contributed by atoms with Crippen molar-refractivity contribution < 1.29 is 9.90 Å². The molecule has 1 N–H and O–H groups in total. The molecule has 2 aromatic carbocycles. The fourth-order valence-electron chi connectivity index (χ4n) is 1.98. The molecule has 0 amide bonds. The Balaban J connectivity index is 2.10. The third-order valence-corrected chi connectivity index (χ3v) is 3.05. The third kappa shape index (κ3) is 2.98. The van der Waals surface area contributed by atoms with E-state index in [0.717, 1.165) is 18.4 Å². The van der Waals surface area contributed by atoms with Gasteiger partial charge in [-0.05, 0) is 37.0 Å². The molecule has 0 spiro atoms. The smallest absolute Gasteiger partial charge is 0.335 e. The zero-order valence-electron chi connectivity index (χ0n) is 10.4. The van der Waals surface area contributed by atoms with Gasteiger partial charge in [0.15, 0.2) is 0 Å². The van der Waals surface area contributed by atoms with Crippen LogP contribution in [-0.2, 0) is 12.8 Å². The topological polar surface area (TPSA) is 37.3 Å². The zero-order valence-corrected chi connectivity index (χ0v) is 10.4. The van der Waals surface area contributed by atoms with E-state index in [0.29, 0.717) is 5.56 Å². The summed E-state index contributed by atoms with van der Waals surface area (Å²) in [5, 5.41) is 9.10. The van der Waals surface area contributed by atoms with Gasteiger partial charge in [0.1, 0.15) is 0 Å². The standard InChI is InChI=1S/C16H16O2/c1-12-6-8-13(9-7-12)10-11-14-4-2-3-5-15(14)16(17)18/h2-9H,10-11H2,1H3,(H,17,18). The Morgan fingerprint density at radius 3 is 2.33 bits per heavy atom. The van der Waals surface area contributed by atoms with Crippen molar-refractivity contribution in [2.75, 3.05) is 0 Å². The molecule has 0 fully saturated rings. The second-order valence-electron chi connectivity index (χ2n) is 4.45. The molecule has 2 rings (SSSR count). The van der Waals surface area contributed by atoms with Crippen molar-refractivity contribution in [3.05, 3.63) is 70.8 Å². The molecule has 2 nitrogen and oxygen atoms in total. The van der Waals surface area contributed by atoms with Crippen molar-refractivity contribution in [1.29, 1.82) is 0 Å². The lowest BCUT2D eigenvalue weighted by Gasteiger charge is -2.06. The number of hydrogen-bond donors (Lipinski definition) is 1. The lowest BCUT2D eigenvalue weighted by molar-refractivity contribution is 0.0695. The van der Waals surface area contributed by atoms with Gasteiger partial charge in [-0.3, -0.25) is 0 Å². The van der Waals surface area contributed by atoms with Crippen LogP contribution in [0.1, 0.15) is 27.0 Å². The van der Waals surface area contributed by atoms with Crippen LogP contribution in [0.3, 0.4) is 0 Å². The average molecular weight is 240 g/mol. The first kappa shape index (κ1) is 12.4. The maximum Gasteiger partial charge on any atom is 0.335 e. The summed E-state index contributed by atoms with van der Waals surface area (Å²) >= 11 is 0. The quantitative estimate of drug-likeness (QED) is 0.888.